The van der Waals surface area contributed by atoms with Crippen LogP contribution in [0.25, 0.3) is 22.2 Å². The Morgan fingerprint density at radius 3 is 2.42 bits per heavy atom. The van der Waals surface area contributed by atoms with Crippen LogP contribution in [-0.4, -0.2) is 26.0 Å². The summed E-state index contributed by atoms with van der Waals surface area (Å²) in [7, 11) is 0. The first kappa shape index (κ1) is 27.3. The molecule has 4 aromatic rings. The molecule has 8 nitrogen and oxygen atoms in total. The Labute approximate surface area is 220 Å². The zero-order valence-corrected chi connectivity index (χ0v) is 22.7. The molecule has 36 heavy (non-hydrogen) atoms. The third kappa shape index (κ3) is 6.67. The molecule has 0 unspecified atom stereocenters. The molecule has 2 heterocycles. The summed E-state index contributed by atoms with van der Waals surface area (Å²) in [5.74, 6) is 1.55. The number of aromatic nitrogens is 3. The van der Waals surface area contributed by atoms with Gasteiger partial charge in [-0.3, -0.25) is 15.1 Å². The first-order valence-corrected chi connectivity index (χ1v) is 12.9. The number of nitro groups is 1. The predicted molar refractivity (Wildman–Crippen MR) is 150 cm³/mol. The van der Waals surface area contributed by atoms with Crippen molar-refractivity contribution >= 4 is 38.3 Å². The number of benzene rings is 2. The van der Waals surface area contributed by atoms with Gasteiger partial charge in [-0.1, -0.05) is 35.8 Å². The lowest BCUT2D eigenvalue weighted by Gasteiger charge is -2.15. The van der Waals surface area contributed by atoms with Crippen molar-refractivity contribution in [3.63, 3.8) is 0 Å². The smallest absolute Gasteiger partial charge is 0.293 e. The van der Waals surface area contributed by atoms with E-state index in [0.29, 0.717) is 22.6 Å². The Hall–Kier alpha value is -3.30. The normalized spacial score (nSPS) is 11.8. The molecule has 0 saturated heterocycles. The van der Waals surface area contributed by atoms with Crippen molar-refractivity contribution < 1.29 is 4.92 Å². The fourth-order valence-electron chi connectivity index (χ4n) is 4.10. The molecule has 0 fully saturated rings. The van der Waals surface area contributed by atoms with Gasteiger partial charge in [-0.2, -0.15) is 0 Å². The number of pyridine rings is 1. The van der Waals surface area contributed by atoms with Crippen molar-refractivity contribution in [1.29, 1.82) is 0 Å². The Balaban J connectivity index is 0.000000236. The lowest BCUT2D eigenvalue weighted by Crippen LogP contribution is -2.18. The monoisotopic (exact) mass is 552 g/mol. The van der Waals surface area contributed by atoms with Crippen LogP contribution in [0.4, 0.5) is 11.4 Å². The number of nitrogens with one attached hydrogen (secondary N) is 1. The highest BCUT2D eigenvalue weighted by Crippen LogP contribution is 2.29. The minimum Gasteiger partial charge on any atom is -0.380 e. The molecule has 3 N–H and O–H groups in total. The summed E-state index contributed by atoms with van der Waals surface area (Å²) >= 11 is 3.18. The molecule has 190 valence electrons. The summed E-state index contributed by atoms with van der Waals surface area (Å²) < 4.78 is 2.94. The number of nitrogens with two attached hydrogens (primary N) is 1. The average Bonchev–Trinajstić information content (AvgIpc) is 3.24. The number of fused-ring (bicyclic) bond motifs is 1. The van der Waals surface area contributed by atoms with Crippen LogP contribution < -0.4 is 11.1 Å². The number of imidazole rings is 1. The lowest BCUT2D eigenvalue weighted by molar-refractivity contribution is -0.384. The summed E-state index contributed by atoms with van der Waals surface area (Å²) in [6.07, 6.45) is 4.57. The second kappa shape index (κ2) is 12.6. The Bertz CT molecular complexity index is 1310. The average molecular weight is 554 g/mol. The topological polar surface area (TPSA) is 112 Å². The van der Waals surface area contributed by atoms with Gasteiger partial charge in [0, 0.05) is 36.0 Å². The summed E-state index contributed by atoms with van der Waals surface area (Å²) in [5.41, 5.74) is 11.5. The summed E-state index contributed by atoms with van der Waals surface area (Å²) in [6.45, 7) is 9.98. The molecule has 9 heteroatoms. The molecule has 0 aliphatic carbocycles. The van der Waals surface area contributed by atoms with Crippen molar-refractivity contribution in [2.24, 2.45) is 11.7 Å². The zero-order chi connectivity index (χ0) is 26.2. The highest BCUT2D eigenvalue weighted by atomic mass is 79.9. The molecule has 0 spiro atoms. The minimum atomic E-state index is -0.400. The molecule has 0 amide bonds. The van der Waals surface area contributed by atoms with Gasteiger partial charge in [0.15, 0.2) is 0 Å². The van der Waals surface area contributed by atoms with E-state index in [1.807, 2.05) is 31.5 Å². The largest absolute Gasteiger partial charge is 0.380 e. The molecule has 4 rings (SSSR count). The SMILES string of the molecule is CCNc1ccc(Br)cc1[N+](=O)[O-].CCn1c([C@H](N)CC(C)C)nc2cc(-c3ccncc3)ccc21. The Morgan fingerprint density at radius 1 is 1.08 bits per heavy atom. The molecule has 2 aromatic carbocycles. The van der Waals surface area contributed by atoms with Gasteiger partial charge in [-0.05, 0) is 73.7 Å². The van der Waals surface area contributed by atoms with E-state index < -0.39 is 4.92 Å². The third-order valence-corrected chi connectivity index (χ3v) is 6.18. The molecule has 0 radical (unpaired) electrons. The third-order valence-electron chi connectivity index (χ3n) is 5.69. The second-order valence-electron chi connectivity index (χ2n) is 8.84. The van der Waals surface area contributed by atoms with Gasteiger partial charge in [0.2, 0.25) is 0 Å². The van der Waals surface area contributed by atoms with Crippen molar-refractivity contribution in [2.75, 3.05) is 11.9 Å². The number of rotatable bonds is 8. The van der Waals surface area contributed by atoms with Crippen molar-refractivity contribution in [3.05, 3.63) is 81.3 Å². The molecule has 0 aliphatic heterocycles. The first-order valence-electron chi connectivity index (χ1n) is 12.1. The van der Waals surface area contributed by atoms with E-state index in [2.05, 4.69) is 69.8 Å². The molecule has 0 bridgehead atoms. The molecular formula is C27H33BrN6O2. The summed E-state index contributed by atoms with van der Waals surface area (Å²) in [5, 5.41) is 13.5. The zero-order valence-electron chi connectivity index (χ0n) is 21.1. The van der Waals surface area contributed by atoms with Gasteiger partial charge < -0.3 is 15.6 Å². The van der Waals surface area contributed by atoms with E-state index in [0.717, 1.165) is 41.0 Å². The van der Waals surface area contributed by atoms with Crippen LogP contribution in [0.15, 0.2) is 65.4 Å². The van der Waals surface area contributed by atoms with Crippen LogP contribution >= 0.6 is 15.9 Å². The quantitative estimate of drug-likeness (QED) is 0.180. The summed E-state index contributed by atoms with van der Waals surface area (Å²) in [6, 6.07) is 15.4. The maximum absolute atomic E-state index is 10.6. The number of anilines is 1. The number of nitro benzene ring substituents is 1. The van der Waals surface area contributed by atoms with Gasteiger partial charge in [0.1, 0.15) is 11.5 Å². The first-order chi connectivity index (χ1) is 17.2. The molecule has 2 aromatic heterocycles. The maximum Gasteiger partial charge on any atom is 0.293 e. The van der Waals surface area contributed by atoms with Gasteiger partial charge in [0.05, 0.1) is 22.0 Å². The van der Waals surface area contributed by atoms with E-state index in [9.17, 15) is 10.1 Å². The van der Waals surface area contributed by atoms with E-state index >= 15 is 0 Å². The molecule has 0 saturated carbocycles. The second-order valence-corrected chi connectivity index (χ2v) is 9.75. The highest BCUT2D eigenvalue weighted by molar-refractivity contribution is 9.10. The number of nitrogens with zero attached hydrogens (tertiary/aromatic N) is 4. The van der Waals surface area contributed by atoms with Crippen LogP contribution in [-0.2, 0) is 6.54 Å². The van der Waals surface area contributed by atoms with Crippen molar-refractivity contribution in [2.45, 2.75) is 46.7 Å². The van der Waals surface area contributed by atoms with Gasteiger partial charge in [-0.25, -0.2) is 4.98 Å². The number of halogens is 1. The Kier molecular flexibility index (Phi) is 9.55. The van der Waals surface area contributed by atoms with Gasteiger partial charge in [0.25, 0.3) is 5.69 Å². The van der Waals surface area contributed by atoms with E-state index in [4.69, 9.17) is 10.7 Å². The maximum atomic E-state index is 10.6. The van der Waals surface area contributed by atoms with Crippen LogP contribution in [0.1, 0.15) is 46.0 Å². The molecular weight excluding hydrogens is 520 g/mol. The fourth-order valence-corrected chi connectivity index (χ4v) is 4.45. The van der Waals surface area contributed by atoms with Crippen molar-refractivity contribution in [3.8, 4) is 11.1 Å². The Morgan fingerprint density at radius 2 is 1.81 bits per heavy atom. The van der Waals surface area contributed by atoms with E-state index in [-0.39, 0.29) is 11.7 Å². The summed E-state index contributed by atoms with van der Waals surface area (Å²) in [4.78, 5) is 19.1. The lowest BCUT2D eigenvalue weighted by atomic mass is 10.0. The molecule has 0 aliphatic rings. The fraction of sp³-hybridized carbons (Fsp3) is 0.333. The number of hydrogen-bond acceptors (Lipinski definition) is 6. The minimum absolute atomic E-state index is 0.0216. The highest BCUT2D eigenvalue weighted by Gasteiger charge is 2.18. The molecule has 1 atom stereocenters. The van der Waals surface area contributed by atoms with Gasteiger partial charge in [-0.15, -0.1) is 0 Å². The van der Waals surface area contributed by atoms with Crippen molar-refractivity contribution in [1.82, 2.24) is 14.5 Å². The van der Waals surface area contributed by atoms with E-state index in [1.165, 1.54) is 6.07 Å². The number of hydrogen-bond donors (Lipinski definition) is 2. The van der Waals surface area contributed by atoms with Crippen LogP contribution in [0, 0.1) is 16.0 Å². The van der Waals surface area contributed by atoms with Crippen LogP contribution in [0.3, 0.4) is 0 Å². The van der Waals surface area contributed by atoms with Crippen LogP contribution in [0.5, 0.6) is 0 Å². The predicted octanol–water partition coefficient (Wildman–Crippen LogP) is 6.95. The van der Waals surface area contributed by atoms with E-state index in [1.54, 1.807) is 12.1 Å². The standard InChI is InChI=1S/C19H24N4.C8H9BrN2O2/c1-4-23-18-6-5-15(14-7-9-21-10-8-14)12-17(18)22-19(23)16(20)11-13(2)3;1-2-10-7-4-3-6(9)5-8(7)11(12)13/h5-10,12-13,16H,4,11,20H2,1-3H3;3-5,10H,2H2,1H3/t16-;/m1./s1. The number of aryl methyl sites for hydroxylation is 1. The van der Waals surface area contributed by atoms with Crippen LogP contribution in [0.2, 0.25) is 0 Å². The van der Waals surface area contributed by atoms with Gasteiger partial charge >= 0.3 is 0 Å².